The number of thiophene rings is 3. The monoisotopic (exact) mass is 1740 g/mol. The molecule has 4 aromatic heterocycles. The zero-order valence-electron chi connectivity index (χ0n) is 68.7. The first kappa shape index (κ1) is 83.7. The number of carbonyl (C=O) groups is 5. The van der Waals surface area contributed by atoms with E-state index in [0.29, 0.717) is 136 Å². The average molecular weight is 1740 g/mol. The van der Waals surface area contributed by atoms with E-state index < -0.39 is 45.5 Å². The van der Waals surface area contributed by atoms with Crippen LogP contribution in [0.25, 0.3) is 10.9 Å². The van der Waals surface area contributed by atoms with Gasteiger partial charge in [-0.25, -0.2) is 25.0 Å². The molecule has 10 aliphatic heterocycles. The summed E-state index contributed by atoms with van der Waals surface area (Å²) < 4.78 is 39.8. The molecule has 5 saturated heterocycles. The molecule has 11 aromatic rings. The predicted molar refractivity (Wildman–Crippen MR) is 479 cm³/mol. The molecule has 14 heterocycles. The smallest absolute Gasteiger partial charge is 0.374 e. The number of alkyl halides is 3. The third-order valence-electron chi connectivity index (χ3n) is 24.9. The van der Waals surface area contributed by atoms with Crippen molar-refractivity contribution in [3.05, 3.63) is 262 Å². The molecule has 126 heavy (non-hydrogen) atoms. The Morgan fingerprint density at radius 3 is 1.52 bits per heavy atom. The van der Waals surface area contributed by atoms with Crippen LogP contribution in [0, 0.1) is 61.7 Å². The number of hydrogen-bond donors (Lipinski definition) is 5. The van der Waals surface area contributed by atoms with E-state index in [1.54, 1.807) is 71.0 Å². The molecule has 11 aliphatic rings. The van der Waals surface area contributed by atoms with E-state index in [4.69, 9.17) is 20.8 Å². The number of ketones is 5. The molecule has 1 aliphatic carbocycles. The molecule has 0 bridgehead atoms. The Bertz CT molecular complexity index is 6780. The van der Waals surface area contributed by atoms with E-state index in [0.717, 1.165) is 103 Å². The van der Waals surface area contributed by atoms with Crippen LogP contribution in [0.5, 0.6) is 0 Å². The maximum absolute atomic E-state index is 13.3. The summed E-state index contributed by atoms with van der Waals surface area (Å²) in [6, 6.07) is 56.3. The SMILES string of the molecule is CCc1cc2c(s1)N=C1N(c3ccc(C#N)cc3)CC[C@@]1(O)C2=O.Cc1cc2c(cc1C(F)(F)F)N=C1N(c3ccc(C#N)cc3)CC[C@@]1(O)C2=O.Cc1cc2c(s1)C(=O)[C@]1(O)CCN(c3ccc(C#N)c(C)c3)C1=N2.Cc1ccc2c(c1)C(=O)[C@]1(O)CCN(c3ccc4ncccc4c3)C1=N2.O=C1c2c(sc3c2CCCC3)N=C2N(c3ccccc3)CC[C@@]12O. The molecule has 5 atom stereocenters. The number of nitrogens with zero attached hydrogens (tertiary/aromatic N) is 14. The van der Waals surface area contributed by atoms with Crippen molar-refractivity contribution in [1.82, 2.24) is 4.98 Å². The topological polar surface area (TPSA) is 349 Å². The highest BCUT2D eigenvalue weighted by Gasteiger charge is 2.58. The first-order chi connectivity index (χ1) is 60.4. The molecule has 0 radical (unpaired) electrons. The average Bonchev–Trinajstić information content (AvgIpc) is 1.55. The second-order valence-electron chi connectivity index (χ2n) is 32.7. The highest BCUT2D eigenvalue weighted by atomic mass is 32.1. The van der Waals surface area contributed by atoms with E-state index in [1.165, 1.54) is 40.9 Å². The van der Waals surface area contributed by atoms with Gasteiger partial charge in [0.05, 0.1) is 79.0 Å². The van der Waals surface area contributed by atoms with Gasteiger partial charge in [-0.15, -0.1) is 34.0 Å². The second kappa shape index (κ2) is 31.8. The van der Waals surface area contributed by atoms with Crippen LogP contribution >= 0.6 is 34.0 Å². The van der Waals surface area contributed by atoms with Gasteiger partial charge in [-0.1, -0.05) is 42.8 Å². The zero-order chi connectivity index (χ0) is 88.4. The number of nitriles is 3. The fourth-order valence-electron chi connectivity index (χ4n) is 18.1. The third-order valence-corrected chi connectivity index (χ3v) is 28.3. The molecule has 0 spiro atoms. The van der Waals surface area contributed by atoms with Crippen LogP contribution < -0.4 is 24.5 Å². The Hall–Kier alpha value is -13.2. The maximum Gasteiger partial charge on any atom is 0.416 e. The summed E-state index contributed by atoms with van der Waals surface area (Å²) in [6.07, 6.45) is 3.76. The number of carbonyl (C=O) groups excluding carboxylic acids is 5. The molecule has 0 amide bonds. The van der Waals surface area contributed by atoms with E-state index in [2.05, 4.69) is 37.1 Å². The molecule has 5 N–H and O–H groups in total. The minimum absolute atomic E-state index is 0.00619. The summed E-state index contributed by atoms with van der Waals surface area (Å²) in [5, 5.41) is 84.6. The lowest BCUT2D eigenvalue weighted by Gasteiger charge is -2.30. The van der Waals surface area contributed by atoms with Gasteiger partial charge < -0.3 is 50.0 Å². The number of para-hydroxylation sites is 1. The van der Waals surface area contributed by atoms with Crippen LogP contribution in [-0.4, -0.2) is 149 Å². The molecule has 30 heteroatoms. The van der Waals surface area contributed by atoms with Gasteiger partial charge in [0.2, 0.25) is 28.9 Å². The van der Waals surface area contributed by atoms with Crippen molar-refractivity contribution in [2.45, 2.75) is 133 Å². The number of amidine groups is 5. The number of aromatic nitrogens is 1. The van der Waals surface area contributed by atoms with Crippen molar-refractivity contribution in [2.75, 3.05) is 57.2 Å². The summed E-state index contributed by atoms with van der Waals surface area (Å²) in [5.74, 6) is 0.157. The highest BCUT2D eigenvalue weighted by molar-refractivity contribution is 7.17. The molecule has 7 aromatic carbocycles. The lowest BCUT2D eigenvalue weighted by molar-refractivity contribution is -0.138. The maximum atomic E-state index is 13.3. The first-order valence-electron chi connectivity index (χ1n) is 41.2. The number of hydrogen-bond acceptors (Lipinski definition) is 27. The van der Waals surface area contributed by atoms with Crippen LogP contribution in [0.2, 0.25) is 0 Å². The van der Waals surface area contributed by atoms with Crippen LogP contribution in [0.15, 0.2) is 201 Å². The number of Topliss-reactive ketones (excluding diaryl/α,β-unsaturated/α-hetero) is 5. The molecular weight excluding hydrogens is 1660 g/mol. The van der Waals surface area contributed by atoms with Crippen LogP contribution in [-0.2, 0) is 25.4 Å². The largest absolute Gasteiger partial charge is 0.416 e. The van der Waals surface area contributed by atoms with Crippen molar-refractivity contribution < 1.29 is 62.7 Å². The van der Waals surface area contributed by atoms with E-state index in [9.17, 15) is 62.7 Å². The number of pyridine rings is 1. The van der Waals surface area contributed by atoms with Gasteiger partial charge in [-0.05, 0) is 216 Å². The Labute approximate surface area is 733 Å². The summed E-state index contributed by atoms with van der Waals surface area (Å²) in [4.78, 5) is 105. The van der Waals surface area contributed by atoms with Crippen LogP contribution in [0.1, 0.15) is 162 Å². The predicted octanol–water partition coefficient (Wildman–Crippen LogP) is 16.8. The first-order valence-corrected chi connectivity index (χ1v) is 43.7. The number of fused-ring (bicyclic) bond motifs is 13. The van der Waals surface area contributed by atoms with Gasteiger partial charge >= 0.3 is 6.18 Å². The fourth-order valence-corrected chi connectivity index (χ4v) is 21.3. The van der Waals surface area contributed by atoms with Gasteiger partial charge in [0.25, 0.3) is 0 Å². The number of anilines is 5. The van der Waals surface area contributed by atoms with Crippen molar-refractivity contribution in [3.63, 3.8) is 0 Å². The van der Waals surface area contributed by atoms with Gasteiger partial charge in [-0.2, -0.15) is 29.0 Å². The number of aliphatic imine (C=N–C) groups is 5. The Morgan fingerprint density at radius 1 is 0.444 bits per heavy atom. The standard InChI is InChI=1S/C21H17N3O2.C20H14F3N3O2.C19H18N2O2S.2C18H15N3O2S/c1-13-4-6-18-16(11-13)19(25)21(26)8-10-24(20(21)23-18)15-5-7-17-14(12-15)3-2-9-22-17;1-11-8-14-16(9-15(11)20(21,22)23)25-18-19(28,17(14)27)6-7-26(18)13-4-2-12(10-24)3-5-13;22-16-15-13-8-4-5-9-14(13)24-17(15)20-18-19(16,23)10-11-21(18)12-6-2-1-3-7-12;1-10-7-13(4-3-12(10)9-19)21-6-5-18(23)16(22)15-14(20-17(18)21)8-11(2)24-15;1-2-13-9-14-15(22)18(23)7-8-21(17(18)20-16(14)24-13)12-5-3-11(10-19)4-6-12/h2-7,9,11-12,26H,8,10H2,1H3;2-5,8-9,28H,6-7H2,1H3;1-3,6-7,23H,4-5,8-11H2;3-4,7-8,23H,5-6H2,1-2H3;3-6,9,23H,2,7-8H2,1H3/t21-;2*19-;2*18-/m11111/s1. The third kappa shape index (κ3) is 14.1. The van der Waals surface area contributed by atoms with Gasteiger partial charge in [-0.3, -0.25) is 29.0 Å². The Kier molecular flexibility index (Phi) is 21.1. The van der Waals surface area contributed by atoms with Gasteiger partial charge in [0.1, 0.15) is 27.5 Å². The molecular formula is C96H79F3N14O10S3. The van der Waals surface area contributed by atoms with Crippen molar-refractivity contribution in [1.29, 1.82) is 15.8 Å². The fraction of sp³-hybridized carbons (Fsp3) is 0.271. The van der Waals surface area contributed by atoms with Gasteiger partial charge in [0.15, 0.2) is 39.7 Å². The van der Waals surface area contributed by atoms with Crippen LogP contribution in [0.4, 0.5) is 68.7 Å². The Balaban J connectivity index is 0.000000107. The summed E-state index contributed by atoms with van der Waals surface area (Å²) in [6.45, 7) is 11.5. The van der Waals surface area contributed by atoms with E-state index >= 15 is 0 Å². The number of aliphatic hydroxyl groups is 5. The number of aryl methyl sites for hydroxylation is 6. The molecule has 0 unspecified atom stereocenters. The number of rotatable bonds is 6. The van der Waals surface area contributed by atoms with Crippen molar-refractivity contribution >= 4 is 159 Å². The molecule has 24 nitrogen and oxygen atoms in total. The lowest BCUT2D eigenvalue weighted by Crippen LogP contribution is -2.48. The molecule has 22 rings (SSSR count). The van der Waals surface area contributed by atoms with Crippen LogP contribution in [0.3, 0.4) is 0 Å². The molecule has 632 valence electrons. The quantitative estimate of drug-likeness (QED) is 0.103. The minimum Gasteiger partial charge on any atom is -0.374 e. The number of benzene rings is 7. The minimum atomic E-state index is -4.57. The van der Waals surface area contributed by atoms with Crippen molar-refractivity contribution in [3.8, 4) is 18.2 Å². The van der Waals surface area contributed by atoms with Gasteiger partial charge in [0, 0.05) is 131 Å². The summed E-state index contributed by atoms with van der Waals surface area (Å²) in [5.41, 5.74) is 3.59. The molecule has 5 fully saturated rings. The van der Waals surface area contributed by atoms with E-state index in [1.807, 2.05) is 163 Å². The molecule has 0 saturated carbocycles. The number of halogens is 3. The highest BCUT2D eigenvalue weighted by Crippen LogP contribution is 2.51. The lowest BCUT2D eigenvalue weighted by atomic mass is 9.85. The summed E-state index contributed by atoms with van der Waals surface area (Å²) in [7, 11) is 0. The zero-order valence-corrected chi connectivity index (χ0v) is 71.2. The van der Waals surface area contributed by atoms with E-state index in [-0.39, 0.29) is 58.7 Å². The normalized spacial score (nSPS) is 22.3. The second-order valence-corrected chi connectivity index (χ2v) is 36.2. The Morgan fingerprint density at radius 2 is 0.944 bits per heavy atom. The summed E-state index contributed by atoms with van der Waals surface area (Å²) >= 11 is 4.52. The van der Waals surface area contributed by atoms with Crippen molar-refractivity contribution in [2.24, 2.45) is 25.0 Å².